The monoisotopic (exact) mass is 408 g/mol. The first-order chi connectivity index (χ1) is 13.3. The second-order valence-electron chi connectivity index (χ2n) is 7.41. The molecule has 4 aromatic carbocycles. The summed E-state index contributed by atoms with van der Waals surface area (Å²) < 4.78 is -0.261. The van der Waals surface area contributed by atoms with Gasteiger partial charge in [0.2, 0.25) is 0 Å². The fourth-order valence-electron chi connectivity index (χ4n) is 5.11. The van der Waals surface area contributed by atoms with Gasteiger partial charge in [0.15, 0.2) is 0 Å². The number of halogens is 1. The molecule has 1 heteroatoms. The molecule has 27 heavy (non-hydrogen) atoms. The molecule has 0 unspecified atom stereocenters. The highest BCUT2D eigenvalue weighted by atomic mass is 79.9. The fraction of sp³-hybridized carbons (Fsp3) is 0.0769. The van der Waals surface area contributed by atoms with Crippen LogP contribution in [0.5, 0.6) is 0 Å². The number of rotatable bonds is 1. The second-order valence-corrected chi connectivity index (χ2v) is 8.66. The summed E-state index contributed by atoms with van der Waals surface area (Å²) in [5.41, 5.74) is 10.9. The van der Waals surface area contributed by atoms with Gasteiger partial charge >= 0.3 is 0 Å². The third kappa shape index (κ3) is 1.88. The second kappa shape index (κ2) is 5.43. The molecule has 2 aliphatic rings. The van der Waals surface area contributed by atoms with E-state index in [1.54, 1.807) is 0 Å². The molecule has 0 saturated carbocycles. The first-order valence-electron chi connectivity index (χ1n) is 9.36. The Hall–Kier alpha value is -2.64. The minimum Gasteiger partial charge on any atom is -0.0738 e. The predicted octanol–water partition coefficient (Wildman–Crippen LogP) is 7.12. The van der Waals surface area contributed by atoms with Crippen LogP contribution >= 0.6 is 15.9 Å². The van der Waals surface area contributed by atoms with Crippen molar-refractivity contribution in [3.63, 3.8) is 0 Å². The summed E-state index contributed by atoms with van der Waals surface area (Å²) in [5.74, 6) is 0.245. The molecule has 4 aromatic rings. The average molecular weight is 409 g/mol. The van der Waals surface area contributed by atoms with Crippen LogP contribution in [0, 0.1) is 0 Å². The minimum absolute atomic E-state index is 0.245. The maximum Gasteiger partial charge on any atom is 0.0875 e. The normalized spacial score (nSPS) is 15.7. The summed E-state index contributed by atoms with van der Waals surface area (Å²) in [6.07, 6.45) is 0. The van der Waals surface area contributed by atoms with E-state index in [4.69, 9.17) is 0 Å². The molecule has 0 nitrogen and oxygen atoms in total. The van der Waals surface area contributed by atoms with Crippen LogP contribution in [0.25, 0.3) is 22.3 Å². The molecule has 0 spiro atoms. The van der Waals surface area contributed by atoms with Gasteiger partial charge in [-0.25, -0.2) is 0 Å². The molecule has 0 bridgehead atoms. The van der Waals surface area contributed by atoms with E-state index in [0.717, 1.165) is 0 Å². The number of hydrogen-bond acceptors (Lipinski definition) is 0. The van der Waals surface area contributed by atoms with Crippen molar-refractivity contribution in [2.75, 3.05) is 0 Å². The van der Waals surface area contributed by atoms with Crippen LogP contribution in [0.4, 0.5) is 0 Å². The summed E-state index contributed by atoms with van der Waals surface area (Å²) in [5, 5.41) is 0. The van der Waals surface area contributed by atoms with Crippen molar-refractivity contribution >= 4 is 15.9 Å². The summed E-state index contributed by atoms with van der Waals surface area (Å²) in [6, 6.07) is 35.4. The van der Waals surface area contributed by atoms with Gasteiger partial charge in [-0.3, -0.25) is 0 Å². The summed E-state index contributed by atoms with van der Waals surface area (Å²) in [6.45, 7) is 0. The quantitative estimate of drug-likeness (QED) is 0.294. The van der Waals surface area contributed by atoms with Gasteiger partial charge in [-0.05, 0) is 44.5 Å². The van der Waals surface area contributed by atoms with Crippen LogP contribution in [0.3, 0.4) is 0 Å². The van der Waals surface area contributed by atoms with E-state index in [1.807, 2.05) is 0 Å². The van der Waals surface area contributed by atoms with Crippen LogP contribution in [0.15, 0.2) is 97.1 Å². The molecule has 6 rings (SSSR count). The van der Waals surface area contributed by atoms with E-state index in [2.05, 4.69) is 113 Å². The standard InChI is InChI=1S/C26H17Br/c27-26(23-15-7-5-11-19(23)20-12-6-8-16-24(20)26)25-21-13-3-1-9-17(21)18-10-2-4-14-22(18)25/h1-16,25H. The van der Waals surface area contributed by atoms with Crippen molar-refractivity contribution in [2.45, 2.75) is 10.2 Å². The lowest BCUT2D eigenvalue weighted by molar-refractivity contribution is 0.678. The van der Waals surface area contributed by atoms with Gasteiger partial charge in [0, 0.05) is 5.92 Å². The zero-order valence-electron chi connectivity index (χ0n) is 14.7. The molecule has 0 N–H and O–H groups in total. The first-order valence-corrected chi connectivity index (χ1v) is 10.2. The molecule has 2 aliphatic carbocycles. The van der Waals surface area contributed by atoms with Gasteiger partial charge in [0.25, 0.3) is 0 Å². The summed E-state index contributed by atoms with van der Waals surface area (Å²) in [4.78, 5) is 0. The van der Waals surface area contributed by atoms with Crippen molar-refractivity contribution in [1.82, 2.24) is 0 Å². The number of alkyl halides is 1. The molecular weight excluding hydrogens is 392 g/mol. The Morgan fingerprint density at radius 2 is 0.852 bits per heavy atom. The largest absolute Gasteiger partial charge is 0.0875 e. The van der Waals surface area contributed by atoms with Gasteiger partial charge in [0.1, 0.15) is 0 Å². The maximum absolute atomic E-state index is 4.31. The lowest BCUT2D eigenvalue weighted by Crippen LogP contribution is -2.26. The van der Waals surface area contributed by atoms with Gasteiger partial charge in [0.05, 0.1) is 4.32 Å². The molecule has 128 valence electrons. The molecule has 0 aliphatic heterocycles. The van der Waals surface area contributed by atoms with Crippen molar-refractivity contribution in [2.24, 2.45) is 0 Å². The maximum atomic E-state index is 4.31. The van der Waals surface area contributed by atoms with Gasteiger partial charge < -0.3 is 0 Å². The van der Waals surface area contributed by atoms with Gasteiger partial charge in [-0.2, -0.15) is 0 Å². The number of hydrogen-bond donors (Lipinski definition) is 0. The first kappa shape index (κ1) is 15.4. The van der Waals surface area contributed by atoms with Crippen LogP contribution in [0.2, 0.25) is 0 Å². The molecule has 0 heterocycles. The Kier molecular flexibility index (Phi) is 3.10. The van der Waals surface area contributed by atoms with Crippen LogP contribution in [-0.4, -0.2) is 0 Å². The SMILES string of the molecule is BrC1(C2c3ccccc3-c3ccccc32)c2ccccc2-c2ccccc21. The van der Waals surface area contributed by atoms with Gasteiger partial charge in [-0.1, -0.05) is 113 Å². The highest BCUT2D eigenvalue weighted by Gasteiger charge is 2.50. The van der Waals surface area contributed by atoms with Crippen molar-refractivity contribution < 1.29 is 0 Å². The van der Waals surface area contributed by atoms with Crippen LogP contribution in [-0.2, 0) is 4.32 Å². The smallest absolute Gasteiger partial charge is 0.0738 e. The molecule has 0 saturated heterocycles. The predicted molar refractivity (Wildman–Crippen MR) is 115 cm³/mol. The number of benzene rings is 4. The molecule has 0 radical (unpaired) electrons. The zero-order valence-corrected chi connectivity index (χ0v) is 16.3. The molecular formula is C26H17Br. The van der Waals surface area contributed by atoms with E-state index in [0.29, 0.717) is 0 Å². The van der Waals surface area contributed by atoms with Gasteiger partial charge in [-0.15, -0.1) is 0 Å². The van der Waals surface area contributed by atoms with E-state index >= 15 is 0 Å². The third-order valence-electron chi connectivity index (χ3n) is 6.16. The highest BCUT2D eigenvalue weighted by molar-refractivity contribution is 9.09. The van der Waals surface area contributed by atoms with Crippen LogP contribution in [0.1, 0.15) is 28.2 Å². The Bertz CT molecular complexity index is 1110. The lowest BCUT2D eigenvalue weighted by atomic mass is 9.78. The van der Waals surface area contributed by atoms with E-state index in [-0.39, 0.29) is 10.2 Å². The highest BCUT2D eigenvalue weighted by Crippen LogP contribution is 2.64. The van der Waals surface area contributed by atoms with E-state index in [1.165, 1.54) is 44.5 Å². The van der Waals surface area contributed by atoms with E-state index < -0.39 is 0 Å². The lowest BCUT2D eigenvalue weighted by Gasteiger charge is -2.33. The Morgan fingerprint density at radius 3 is 1.33 bits per heavy atom. The summed E-state index contributed by atoms with van der Waals surface area (Å²) in [7, 11) is 0. The molecule has 0 amide bonds. The number of fused-ring (bicyclic) bond motifs is 6. The Labute approximate surface area is 167 Å². The third-order valence-corrected chi connectivity index (χ3v) is 7.47. The fourth-order valence-corrected chi connectivity index (χ4v) is 6.30. The molecule has 0 aromatic heterocycles. The average Bonchev–Trinajstić information content (AvgIpc) is 3.20. The Morgan fingerprint density at radius 1 is 0.481 bits per heavy atom. The Balaban J connectivity index is 1.73. The van der Waals surface area contributed by atoms with E-state index in [9.17, 15) is 0 Å². The van der Waals surface area contributed by atoms with Crippen molar-refractivity contribution in [3.05, 3.63) is 119 Å². The minimum atomic E-state index is -0.261. The molecule has 0 fully saturated rings. The van der Waals surface area contributed by atoms with Crippen molar-refractivity contribution in [3.8, 4) is 22.3 Å². The topological polar surface area (TPSA) is 0 Å². The summed E-state index contributed by atoms with van der Waals surface area (Å²) >= 11 is 4.31. The van der Waals surface area contributed by atoms with Crippen molar-refractivity contribution in [1.29, 1.82) is 0 Å². The van der Waals surface area contributed by atoms with Crippen LogP contribution < -0.4 is 0 Å². The molecule has 0 atom stereocenters. The zero-order chi connectivity index (χ0) is 18.0.